The SMILES string of the molecule is Cc1cccnc1N1CCN(C2C(C)(C)C(O)(c3ccccc3)C2(C)C)CC1. The van der Waals surface area contributed by atoms with Gasteiger partial charge in [-0.3, -0.25) is 4.90 Å². The van der Waals surface area contributed by atoms with Gasteiger partial charge < -0.3 is 10.0 Å². The van der Waals surface area contributed by atoms with Gasteiger partial charge in [0.05, 0.1) is 0 Å². The molecule has 1 aliphatic heterocycles. The van der Waals surface area contributed by atoms with Gasteiger partial charge in [0.15, 0.2) is 0 Å². The number of aryl methyl sites for hydroxylation is 1. The third-order valence-corrected chi connectivity index (χ3v) is 7.38. The van der Waals surface area contributed by atoms with Gasteiger partial charge in [-0.2, -0.15) is 0 Å². The summed E-state index contributed by atoms with van der Waals surface area (Å²) >= 11 is 0. The zero-order valence-electron chi connectivity index (χ0n) is 17.8. The fraction of sp³-hybridized carbons (Fsp3) is 0.542. The molecule has 0 atom stereocenters. The smallest absolute Gasteiger partial charge is 0.131 e. The molecule has 2 aromatic rings. The fourth-order valence-electron chi connectivity index (χ4n) is 6.39. The topological polar surface area (TPSA) is 39.6 Å². The lowest BCUT2D eigenvalue weighted by Crippen LogP contribution is -2.79. The van der Waals surface area contributed by atoms with Crippen LogP contribution < -0.4 is 4.90 Å². The van der Waals surface area contributed by atoms with E-state index in [-0.39, 0.29) is 10.8 Å². The van der Waals surface area contributed by atoms with Crippen LogP contribution in [0.1, 0.15) is 38.8 Å². The molecular weight excluding hydrogens is 346 g/mol. The highest BCUT2D eigenvalue weighted by Crippen LogP contribution is 2.68. The van der Waals surface area contributed by atoms with Crippen LogP contribution in [0.3, 0.4) is 0 Å². The van der Waals surface area contributed by atoms with Crippen LogP contribution in [0, 0.1) is 17.8 Å². The number of hydrogen-bond donors (Lipinski definition) is 1. The molecule has 1 N–H and O–H groups in total. The van der Waals surface area contributed by atoms with Crippen LogP contribution in [0.5, 0.6) is 0 Å². The molecule has 4 heteroatoms. The minimum Gasteiger partial charge on any atom is -0.384 e. The molecule has 4 rings (SSSR count). The summed E-state index contributed by atoms with van der Waals surface area (Å²) in [7, 11) is 0. The summed E-state index contributed by atoms with van der Waals surface area (Å²) in [5.41, 5.74) is 0.991. The zero-order chi connectivity index (χ0) is 20.2. The Morgan fingerprint density at radius 3 is 2.07 bits per heavy atom. The number of nitrogens with zero attached hydrogens (tertiary/aromatic N) is 3. The van der Waals surface area contributed by atoms with Crippen molar-refractivity contribution in [2.24, 2.45) is 10.8 Å². The number of rotatable bonds is 3. The van der Waals surface area contributed by atoms with E-state index >= 15 is 0 Å². The summed E-state index contributed by atoms with van der Waals surface area (Å²) in [6.45, 7) is 15.0. The van der Waals surface area contributed by atoms with Crippen LogP contribution >= 0.6 is 0 Å². The third kappa shape index (κ3) is 2.54. The number of aliphatic hydroxyl groups is 1. The van der Waals surface area contributed by atoms with Gasteiger partial charge in [0.2, 0.25) is 0 Å². The Kier molecular flexibility index (Phi) is 4.55. The van der Waals surface area contributed by atoms with Crippen LogP contribution in [-0.4, -0.2) is 47.2 Å². The Bertz CT molecular complexity index is 822. The van der Waals surface area contributed by atoms with Crippen molar-refractivity contribution in [1.29, 1.82) is 0 Å². The summed E-state index contributed by atoms with van der Waals surface area (Å²) in [5.74, 6) is 1.11. The van der Waals surface area contributed by atoms with E-state index in [2.05, 4.69) is 67.6 Å². The number of hydrogen-bond acceptors (Lipinski definition) is 4. The lowest BCUT2D eigenvalue weighted by atomic mass is 9.39. The molecule has 1 aromatic heterocycles. The Morgan fingerprint density at radius 1 is 0.893 bits per heavy atom. The quantitative estimate of drug-likeness (QED) is 0.880. The monoisotopic (exact) mass is 379 g/mol. The minimum atomic E-state index is -0.833. The van der Waals surface area contributed by atoms with Gasteiger partial charge in [-0.05, 0) is 24.1 Å². The second-order valence-electron chi connectivity index (χ2n) is 9.59. The number of anilines is 1. The molecule has 1 saturated heterocycles. The number of pyridine rings is 1. The van der Waals surface area contributed by atoms with Crippen LogP contribution in [0.2, 0.25) is 0 Å². The number of piperazine rings is 1. The second-order valence-corrected chi connectivity index (χ2v) is 9.59. The van der Waals surface area contributed by atoms with E-state index in [1.165, 1.54) is 5.56 Å². The van der Waals surface area contributed by atoms with Crippen molar-refractivity contribution in [2.45, 2.75) is 46.3 Å². The highest BCUT2D eigenvalue weighted by atomic mass is 16.3. The van der Waals surface area contributed by atoms with Gasteiger partial charge in [0.1, 0.15) is 11.4 Å². The van der Waals surface area contributed by atoms with Gasteiger partial charge in [0.25, 0.3) is 0 Å². The Labute approximate surface area is 169 Å². The standard InChI is InChI=1S/C24H33N3O/c1-18-10-9-13-25-20(18)26-14-16-27(17-15-26)21-22(2,3)24(28,23(21,4)5)19-11-7-6-8-12-19/h6-13,21,28H,14-17H2,1-5H3. The molecule has 0 spiro atoms. The first-order valence-electron chi connectivity index (χ1n) is 10.4. The summed E-state index contributed by atoms with van der Waals surface area (Å²) in [4.78, 5) is 9.58. The fourth-order valence-corrected chi connectivity index (χ4v) is 6.39. The van der Waals surface area contributed by atoms with E-state index in [0.29, 0.717) is 6.04 Å². The van der Waals surface area contributed by atoms with Crippen molar-refractivity contribution in [1.82, 2.24) is 9.88 Å². The molecule has 4 nitrogen and oxygen atoms in total. The van der Waals surface area contributed by atoms with Crippen molar-refractivity contribution < 1.29 is 5.11 Å². The van der Waals surface area contributed by atoms with Crippen molar-refractivity contribution in [3.8, 4) is 0 Å². The number of aromatic nitrogens is 1. The van der Waals surface area contributed by atoms with Gasteiger partial charge in [-0.25, -0.2) is 4.98 Å². The molecule has 0 radical (unpaired) electrons. The zero-order valence-corrected chi connectivity index (χ0v) is 17.8. The van der Waals surface area contributed by atoms with Gasteiger partial charge in [-0.1, -0.05) is 64.1 Å². The van der Waals surface area contributed by atoms with E-state index in [0.717, 1.165) is 37.6 Å². The first-order valence-corrected chi connectivity index (χ1v) is 10.4. The molecular formula is C24H33N3O. The first-order chi connectivity index (χ1) is 13.2. The van der Waals surface area contributed by atoms with Crippen LogP contribution in [0.25, 0.3) is 0 Å². The second kappa shape index (κ2) is 6.57. The van der Waals surface area contributed by atoms with Crippen molar-refractivity contribution >= 4 is 5.82 Å². The maximum Gasteiger partial charge on any atom is 0.131 e. The highest BCUT2D eigenvalue weighted by Gasteiger charge is 2.73. The molecule has 0 unspecified atom stereocenters. The van der Waals surface area contributed by atoms with Crippen LogP contribution in [-0.2, 0) is 5.60 Å². The minimum absolute atomic E-state index is 0.221. The first kappa shape index (κ1) is 19.4. The molecule has 1 saturated carbocycles. The van der Waals surface area contributed by atoms with Crippen LogP contribution in [0.4, 0.5) is 5.82 Å². The van der Waals surface area contributed by atoms with Gasteiger partial charge in [-0.15, -0.1) is 0 Å². The van der Waals surface area contributed by atoms with E-state index in [9.17, 15) is 5.11 Å². The normalized spacial score (nSPS) is 29.4. The molecule has 2 heterocycles. The molecule has 1 aliphatic carbocycles. The van der Waals surface area contributed by atoms with E-state index in [1.807, 2.05) is 30.5 Å². The molecule has 2 fully saturated rings. The average molecular weight is 380 g/mol. The molecule has 2 aliphatic rings. The predicted molar refractivity (Wildman–Crippen MR) is 114 cm³/mol. The van der Waals surface area contributed by atoms with Crippen molar-refractivity contribution in [3.05, 3.63) is 59.8 Å². The maximum absolute atomic E-state index is 11.9. The highest BCUT2D eigenvalue weighted by molar-refractivity contribution is 5.46. The van der Waals surface area contributed by atoms with Gasteiger partial charge in [0, 0.05) is 49.2 Å². The Balaban J connectivity index is 1.54. The van der Waals surface area contributed by atoms with E-state index in [1.54, 1.807) is 0 Å². The van der Waals surface area contributed by atoms with Crippen LogP contribution in [0.15, 0.2) is 48.7 Å². The maximum atomic E-state index is 11.9. The lowest BCUT2D eigenvalue weighted by Gasteiger charge is -2.72. The Morgan fingerprint density at radius 2 is 1.50 bits per heavy atom. The summed E-state index contributed by atoms with van der Waals surface area (Å²) in [5, 5.41) is 11.9. The molecule has 150 valence electrons. The Hall–Kier alpha value is -1.91. The van der Waals surface area contributed by atoms with Crippen molar-refractivity contribution in [3.63, 3.8) is 0 Å². The predicted octanol–water partition coefficient (Wildman–Crippen LogP) is 3.83. The molecule has 28 heavy (non-hydrogen) atoms. The third-order valence-electron chi connectivity index (χ3n) is 7.38. The number of benzene rings is 1. The summed E-state index contributed by atoms with van der Waals surface area (Å²) in [6.07, 6.45) is 1.88. The summed E-state index contributed by atoms with van der Waals surface area (Å²) < 4.78 is 0. The average Bonchev–Trinajstić information content (AvgIpc) is 2.68. The molecule has 0 bridgehead atoms. The van der Waals surface area contributed by atoms with Crippen molar-refractivity contribution in [2.75, 3.05) is 31.1 Å². The van der Waals surface area contributed by atoms with E-state index < -0.39 is 5.60 Å². The molecule has 1 aromatic carbocycles. The lowest BCUT2D eigenvalue weighted by molar-refractivity contribution is -0.307. The van der Waals surface area contributed by atoms with E-state index in [4.69, 9.17) is 0 Å². The largest absolute Gasteiger partial charge is 0.384 e. The van der Waals surface area contributed by atoms with Gasteiger partial charge >= 0.3 is 0 Å². The molecule has 0 amide bonds. The summed E-state index contributed by atoms with van der Waals surface area (Å²) in [6, 6.07) is 14.7.